The normalized spacial score (nSPS) is 14.8. The summed E-state index contributed by atoms with van der Waals surface area (Å²) in [5, 5.41) is 14.7. The molecule has 198 valence electrons. The van der Waals surface area contributed by atoms with Gasteiger partial charge in [-0.15, -0.1) is 13.2 Å². The van der Waals surface area contributed by atoms with E-state index < -0.39 is 47.8 Å². The zero-order valence-electron chi connectivity index (χ0n) is 21.6. The molecule has 0 fully saturated rings. The van der Waals surface area contributed by atoms with Gasteiger partial charge in [0, 0.05) is 6.04 Å². The van der Waals surface area contributed by atoms with E-state index in [1.54, 1.807) is 19.9 Å². The van der Waals surface area contributed by atoms with E-state index >= 15 is 0 Å². The van der Waals surface area contributed by atoms with Crippen molar-refractivity contribution in [3.8, 4) is 0 Å². The first-order chi connectivity index (χ1) is 17.8. The van der Waals surface area contributed by atoms with Crippen molar-refractivity contribution in [2.75, 3.05) is 6.61 Å². The summed E-state index contributed by atoms with van der Waals surface area (Å²) >= 11 is 0. The lowest BCUT2D eigenvalue weighted by molar-refractivity contribution is -0.157. The summed E-state index contributed by atoms with van der Waals surface area (Å²) in [7, 11) is 0. The van der Waals surface area contributed by atoms with E-state index in [0.29, 0.717) is 12.8 Å². The van der Waals surface area contributed by atoms with E-state index in [-0.39, 0.29) is 13.0 Å². The Hall–Kier alpha value is -3.71. The van der Waals surface area contributed by atoms with Crippen LogP contribution in [0.25, 0.3) is 0 Å². The summed E-state index contributed by atoms with van der Waals surface area (Å²) in [6.07, 6.45) is 3.49. The van der Waals surface area contributed by atoms with Gasteiger partial charge in [0.2, 0.25) is 11.8 Å². The molecule has 0 saturated heterocycles. The maximum absolute atomic E-state index is 13.3. The molecule has 7 nitrogen and oxygen atoms in total. The predicted octanol–water partition coefficient (Wildman–Crippen LogP) is 3.90. The molecule has 3 N–H and O–H groups in total. The smallest absolute Gasteiger partial charge is 0.310 e. The van der Waals surface area contributed by atoms with E-state index in [1.807, 2.05) is 60.7 Å². The van der Waals surface area contributed by atoms with Gasteiger partial charge in [-0.05, 0) is 44.2 Å². The Morgan fingerprint density at radius 2 is 1.46 bits per heavy atom. The summed E-state index contributed by atoms with van der Waals surface area (Å²) in [5.41, 5.74) is 1.73. The van der Waals surface area contributed by atoms with Gasteiger partial charge in [-0.3, -0.25) is 14.4 Å². The molecular formula is C30H38N2O5. The molecule has 37 heavy (non-hydrogen) atoms. The third-order valence-electron chi connectivity index (χ3n) is 6.00. The topological polar surface area (TPSA) is 105 Å². The van der Waals surface area contributed by atoms with Crippen molar-refractivity contribution in [2.24, 2.45) is 11.8 Å². The monoisotopic (exact) mass is 506 g/mol. The lowest BCUT2D eigenvalue weighted by Crippen LogP contribution is -2.48. The summed E-state index contributed by atoms with van der Waals surface area (Å²) < 4.78 is 6.01. The lowest BCUT2D eigenvalue weighted by atomic mass is 9.95. The number of hydrogen-bond acceptors (Lipinski definition) is 5. The molecule has 1 unspecified atom stereocenters. The van der Waals surface area contributed by atoms with Crippen molar-refractivity contribution < 1.29 is 24.2 Å². The van der Waals surface area contributed by atoms with Crippen LogP contribution >= 0.6 is 0 Å². The quantitative estimate of drug-likeness (QED) is 0.193. The number of ether oxygens (including phenoxy) is 1. The van der Waals surface area contributed by atoms with E-state index in [2.05, 4.69) is 23.8 Å². The highest BCUT2D eigenvalue weighted by atomic mass is 16.5. The molecular weight excluding hydrogens is 468 g/mol. The first kappa shape index (κ1) is 29.5. The fourth-order valence-corrected chi connectivity index (χ4v) is 3.98. The molecule has 2 aromatic carbocycles. The molecule has 0 aromatic heterocycles. The number of aliphatic hydroxyl groups is 1. The first-order valence-corrected chi connectivity index (χ1v) is 12.5. The Balaban J connectivity index is 2.23. The molecule has 0 aliphatic heterocycles. The Morgan fingerprint density at radius 1 is 0.892 bits per heavy atom. The van der Waals surface area contributed by atoms with Gasteiger partial charge in [0.15, 0.2) is 0 Å². The second-order valence-electron chi connectivity index (χ2n) is 9.15. The van der Waals surface area contributed by atoms with Crippen LogP contribution in [0.4, 0.5) is 0 Å². The van der Waals surface area contributed by atoms with E-state index in [1.165, 1.54) is 6.08 Å². The van der Waals surface area contributed by atoms with Crippen molar-refractivity contribution in [3.05, 3.63) is 97.1 Å². The molecule has 7 heteroatoms. The minimum absolute atomic E-state index is 0.122. The molecule has 0 aliphatic rings. The highest BCUT2D eigenvalue weighted by Gasteiger charge is 2.32. The molecule has 0 radical (unpaired) electrons. The average Bonchev–Trinajstić information content (AvgIpc) is 2.90. The second-order valence-corrected chi connectivity index (χ2v) is 9.15. The number of benzene rings is 2. The van der Waals surface area contributed by atoms with Crippen LogP contribution in [0.1, 0.15) is 43.9 Å². The maximum Gasteiger partial charge on any atom is 0.310 e. The van der Waals surface area contributed by atoms with Crippen LogP contribution in [-0.4, -0.2) is 41.6 Å². The minimum atomic E-state index is -1.03. The number of esters is 1. The number of amides is 2. The number of allylic oxidation sites excluding steroid dienone is 2. The maximum atomic E-state index is 13.3. The van der Waals surface area contributed by atoms with Crippen molar-refractivity contribution in [1.29, 1.82) is 0 Å². The summed E-state index contributed by atoms with van der Waals surface area (Å²) in [6, 6.07) is 17.8. The van der Waals surface area contributed by atoms with Crippen molar-refractivity contribution in [2.45, 2.75) is 51.3 Å². The van der Waals surface area contributed by atoms with Crippen LogP contribution in [0.5, 0.6) is 0 Å². The van der Waals surface area contributed by atoms with Gasteiger partial charge in [-0.25, -0.2) is 0 Å². The zero-order chi connectivity index (χ0) is 27.2. The van der Waals surface area contributed by atoms with Gasteiger partial charge in [0.05, 0.1) is 18.6 Å². The first-order valence-electron chi connectivity index (χ1n) is 12.5. The number of carbonyl (C=O) groups is 3. The highest BCUT2D eigenvalue weighted by molar-refractivity contribution is 6.00. The molecule has 5 atom stereocenters. The van der Waals surface area contributed by atoms with Crippen LogP contribution in [0.3, 0.4) is 0 Å². The number of aliphatic hydroxyl groups excluding tert-OH is 1. The zero-order valence-corrected chi connectivity index (χ0v) is 21.6. The summed E-state index contributed by atoms with van der Waals surface area (Å²) in [5.74, 6) is -2.89. The Labute approximate surface area is 219 Å². The van der Waals surface area contributed by atoms with Crippen LogP contribution < -0.4 is 10.6 Å². The summed E-state index contributed by atoms with van der Waals surface area (Å²) in [4.78, 5) is 39.1. The van der Waals surface area contributed by atoms with Crippen LogP contribution in [0.2, 0.25) is 0 Å². The minimum Gasteiger partial charge on any atom is -0.455 e. The molecule has 2 aromatic rings. The molecule has 2 amide bonds. The van der Waals surface area contributed by atoms with Gasteiger partial charge >= 0.3 is 5.97 Å². The lowest BCUT2D eigenvalue weighted by Gasteiger charge is -2.28. The highest BCUT2D eigenvalue weighted by Crippen LogP contribution is 2.25. The van der Waals surface area contributed by atoms with E-state index in [0.717, 1.165) is 11.1 Å². The van der Waals surface area contributed by atoms with Gasteiger partial charge in [-0.1, -0.05) is 72.8 Å². The van der Waals surface area contributed by atoms with Crippen LogP contribution in [0, 0.1) is 11.8 Å². The third kappa shape index (κ3) is 9.35. The second kappa shape index (κ2) is 15.4. The average molecular weight is 507 g/mol. The van der Waals surface area contributed by atoms with Crippen molar-refractivity contribution in [1.82, 2.24) is 10.6 Å². The fraction of sp³-hybridized carbons (Fsp3) is 0.367. The number of hydrogen-bond donors (Lipinski definition) is 3. The molecule has 0 saturated carbocycles. The van der Waals surface area contributed by atoms with E-state index in [4.69, 9.17) is 4.74 Å². The number of carbonyl (C=O) groups excluding carboxylic acids is 3. The SMILES string of the molecule is C=CCC(C(=O)N[C@@H](C)CO)C(=O)N[C@H](C)[C@@H](OC(=O)[C@H](CC=C)Cc1ccccc1)c1ccccc1. The molecule has 0 heterocycles. The Kier molecular flexibility index (Phi) is 12.3. The molecule has 2 rings (SSSR count). The Morgan fingerprint density at radius 3 is 2.03 bits per heavy atom. The van der Waals surface area contributed by atoms with Crippen molar-refractivity contribution in [3.63, 3.8) is 0 Å². The molecule has 0 bridgehead atoms. The van der Waals surface area contributed by atoms with Crippen LogP contribution in [-0.2, 0) is 25.5 Å². The van der Waals surface area contributed by atoms with Gasteiger partial charge in [-0.2, -0.15) is 0 Å². The molecule has 0 aliphatic carbocycles. The summed E-state index contributed by atoms with van der Waals surface area (Å²) in [6.45, 7) is 10.6. The van der Waals surface area contributed by atoms with E-state index in [9.17, 15) is 19.5 Å². The Bertz CT molecular complexity index is 1020. The standard InChI is InChI=1S/C30H38N2O5/c1-5-13-25(19-23-15-9-7-10-16-23)30(36)37-27(24-17-11-8-12-18-24)22(4)32-29(35)26(14-6-2)28(34)31-21(3)20-33/h5-12,15-18,21-22,25-27,33H,1-2,13-14,19-20H2,3-4H3,(H,31,34)(H,32,35)/t21-,22+,25+,26?,27+/m0/s1. The van der Waals surface area contributed by atoms with Crippen LogP contribution in [0.15, 0.2) is 86.0 Å². The molecule has 0 spiro atoms. The largest absolute Gasteiger partial charge is 0.455 e. The number of nitrogens with one attached hydrogen (secondary N) is 2. The predicted molar refractivity (Wildman–Crippen MR) is 144 cm³/mol. The fourth-order valence-electron chi connectivity index (χ4n) is 3.98. The number of rotatable bonds is 15. The third-order valence-corrected chi connectivity index (χ3v) is 6.00. The van der Waals surface area contributed by atoms with Gasteiger partial charge in [0.1, 0.15) is 12.0 Å². The van der Waals surface area contributed by atoms with Gasteiger partial charge in [0.25, 0.3) is 0 Å². The van der Waals surface area contributed by atoms with Crippen molar-refractivity contribution >= 4 is 17.8 Å². The van der Waals surface area contributed by atoms with Gasteiger partial charge < -0.3 is 20.5 Å².